The number of carbonyl (C=O) groups excluding carboxylic acids is 1. The topological polar surface area (TPSA) is 48.5 Å². The van der Waals surface area contributed by atoms with Gasteiger partial charge in [-0.05, 0) is 38.6 Å². The zero-order chi connectivity index (χ0) is 18.3. The number of carbonyl (C=O) groups is 1. The molecule has 0 atom stereocenters. The molecule has 2 fully saturated rings. The number of anilines is 1. The van der Waals surface area contributed by atoms with E-state index < -0.39 is 0 Å². The van der Waals surface area contributed by atoms with Crippen LogP contribution in [0.2, 0.25) is 0 Å². The average molecular weight is 371 g/mol. The predicted octanol–water partition coefficient (Wildman–Crippen LogP) is 3.12. The van der Waals surface area contributed by atoms with Gasteiger partial charge in [-0.25, -0.2) is 4.98 Å². The smallest absolute Gasteiger partial charge is 0.230 e. The van der Waals surface area contributed by atoms with Crippen molar-refractivity contribution in [2.75, 3.05) is 38.5 Å². The highest BCUT2D eigenvalue weighted by atomic mass is 32.1. The van der Waals surface area contributed by atoms with Crippen LogP contribution in [0.1, 0.15) is 24.8 Å². The van der Waals surface area contributed by atoms with Gasteiger partial charge in [0, 0.05) is 50.0 Å². The van der Waals surface area contributed by atoms with Gasteiger partial charge in [-0.15, -0.1) is 11.3 Å². The fourth-order valence-electron chi connectivity index (χ4n) is 3.53. The normalized spacial score (nSPS) is 19.4. The molecule has 0 bridgehead atoms. The Morgan fingerprint density at radius 1 is 1.19 bits per heavy atom. The SMILES string of the molecule is CC(C)N1CC(c2ncc(-c3ccc(NC(=O)C4CN(C)C4)cc3)s2)C1. The first-order chi connectivity index (χ1) is 12.5. The Kier molecular flexibility index (Phi) is 4.82. The van der Waals surface area contributed by atoms with Crippen LogP contribution in [0.5, 0.6) is 0 Å². The third-order valence-electron chi connectivity index (χ3n) is 5.38. The minimum absolute atomic E-state index is 0.121. The minimum Gasteiger partial charge on any atom is -0.326 e. The molecule has 2 aliphatic rings. The number of hydrogen-bond acceptors (Lipinski definition) is 5. The molecule has 0 saturated carbocycles. The Bertz CT molecular complexity index is 773. The van der Waals surface area contributed by atoms with Gasteiger partial charge in [-0.3, -0.25) is 9.69 Å². The van der Waals surface area contributed by atoms with Gasteiger partial charge in [-0.2, -0.15) is 0 Å². The maximum absolute atomic E-state index is 12.1. The van der Waals surface area contributed by atoms with E-state index in [9.17, 15) is 4.79 Å². The maximum atomic E-state index is 12.1. The largest absolute Gasteiger partial charge is 0.326 e. The fraction of sp³-hybridized carbons (Fsp3) is 0.500. The zero-order valence-electron chi connectivity index (χ0n) is 15.6. The van der Waals surface area contributed by atoms with Crippen molar-refractivity contribution >= 4 is 22.9 Å². The quantitative estimate of drug-likeness (QED) is 0.879. The number of hydrogen-bond donors (Lipinski definition) is 1. The molecule has 0 unspecified atom stereocenters. The van der Waals surface area contributed by atoms with Crippen LogP contribution < -0.4 is 5.32 Å². The third kappa shape index (κ3) is 3.54. The summed E-state index contributed by atoms with van der Waals surface area (Å²) in [6, 6.07) is 8.73. The van der Waals surface area contributed by atoms with Gasteiger partial charge in [0.15, 0.2) is 0 Å². The van der Waals surface area contributed by atoms with Crippen molar-refractivity contribution in [1.82, 2.24) is 14.8 Å². The minimum atomic E-state index is 0.121. The second-order valence-corrected chi connectivity index (χ2v) is 8.85. The zero-order valence-corrected chi connectivity index (χ0v) is 16.4. The van der Waals surface area contributed by atoms with Crippen LogP contribution in [-0.2, 0) is 4.79 Å². The number of nitrogens with zero attached hydrogens (tertiary/aromatic N) is 3. The molecule has 0 aliphatic carbocycles. The molecule has 1 N–H and O–H groups in total. The van der Waals surface area contributed by atoms with Gasteiger partial charge < -0.3 is 10.2 Å². The monoisotopic (exact) mass is 370 g/mol. The number of nitrogens with one attached hydrogen (secondary N) is 1. The summed E-state index contributed by atoms with van der Waals surface area (Å²) in [7, 11) is 2.03. The maximum Gasteiger partial charge on any atom is 0.230 e. The van der Waals surface area contributed by atoms with E-state index in [1.54, 1.807) is 11.3 Å². The summed E-state index contributed by atoms with van der Waals surface area (Å²) in [5, 5.41) is 4.26. The molecule has 2 saturated heterocycles. The molecule has 2 aromatic rings. The first kappa shape index (κ1) is 17.6. The standard InChI is InChI=1S/C20H26N4OS/c1-13(2)24-11-16(12-24)20-21-8-18(26-20)14-4-6-17(7-5-14)22-19(25)15-9-23(3)10-15/h4-8,13,15-16H,9-12H2,1-3H3,(H,22,25). The van der Waals surface area contributed by atoms with Crippen LogP contribution in [0.4, 0.5) is 5.69 Å². The van der Waals surface area contributed by atoms with Crippen LogP contribution in [0.15, 0.2) is 30.5 Å². The van der Waals surface area contributed by atoms with Gasteiger partial charge in [0.25, 0.3) is 0 Å². The highest BCUT2D eigenvalue weighted by Crippen LogP contribution is 2.35. The predicted molar refractivity (Wildman–Crippen MR) is 107 cm³/mol. The summed E-state index contributed by atoms with van der Waals surface area (Å²) in [6.45, 7) is 8.42. The Balaban J connectivity index is 1.36. The van der Waals surface area contributed by atoms with Crippen LogP contribution >= 0.6 is 11.3 Å². The third-order valence-corrected chi connectivity index (χ3v) is 6.59. The van der Waals surface area contributed by atoms with Gasteiger partial charge >= 0.3 is 0 Å². The van der Waals surface area contributed by atoms with Crippen molar-refractivity contribution in [2.45, 2.75) is 25.8 Å². The molecule has 5 nitrogen and oxygen atoms in total. The van der Waals surface area contributed by atoms with Gasteiger partial charge in [0.2, 0.25) is 5.91 Å². The van der Waals surface area contributed by atoms with Gasteiger partial charge in [0.05, 0.1) is 15.8 Å². The lowest BCUT2D eigenvalue weighted by atomic mass is 9.99. The second kappa shape index (κ2) is 7.10. The van der Waals surface area contributed by atoms with E-state index in [-0.39, 0.29) is 11.8 Å². The molecule has 1 aromatic carbocycles. The van der Waals surface area contributed by atoms with Crippen molar-refractivity contribution in [3.05, 3.63) is 35.5 Å². The Morgan fingerprint density at radius 3 is 2.50 bits per heavy atom. The average Bonchev–Trinajstić information content (AvgIpc) is 3.00. The number of amides is 1. The van der Waals surface area contributed by atoms with Gasteiger partial charge in [0.1, 0.15) is 0 Å². The highest BCUT2D eigenvalue weighted by molar-refractivity contribution is 7.15. The number of benzene rings is 1. The molecular formula is C20H26N4OS. The molecule has 1 aromatic heterocycles. The summed E-state index contributed by atoms with van der Waals surface area (Å²) in [6.07, 6.45) is 1.98. The molecular weight excluding hydrogens is 344 g/mol. The van der Waals surface area contributed by atoms with Crippen molar-refractivity contribution in [2.24, 2.45) is 5.92 Å². The van der Waals surface area contributed by atoms with Crippen LogP contribution in [0.3, 0.4) is 0 Å². The Hall–Kier alpha value is -1.76. The van der Waals surface area contributed by atoms with Crippen molar-refractivity contribution in [3.63, 3.8) is 0 Å². The van der Waals surface area contributed by atoms with E-state index in [2.05, 4.69) is 46.1 Å². The summed E-state index contributed by atoms with van der Waals surface area (Å²) >= 11 is 1.79. The van der Waals surface area contributed by atoms with Crippen molar-refractivity contribution in [1.29, 1.82) is 0 Å². The van der Waals surface area contributed by atoms with Gasteiger partial charge in [-0.1, -0.05) is 12.1 Å². The molecule has 1 amide bonds. The molecule has 3 heterocycles. The first-order valence-electron chi connectivity index (χ1n) is 9.29. The molecule has 6 heteroatoms. The van der Waals surface area contributed by atoms with E-state index in [4.69, 9.17) is 0 Å². The second-order valence-electron chi connectivity index (χ2n) is 7.79. The molecule has 0 radical (unpaired) electrons. The van der Waals surface area contributed by atoms with Crippen LogP contribution in [-0.4, -0.2) is 60.0 Å². The summed E-state index contributed by atoms with van der Waals surface area (Å²) in [5.74, 6) is 0.822. The number of aromatic nitrogens is 1. The summed E-state index contributed by atoms with van der Waals surface area (Å²) in [4.78, 5) is 22.6. The molecule has 138 valence electrons. The van der Waals surface area contributed by atoms with Crippen LogP contribution in [0, 0.1) is 5.92 Å². The summed E-state index contributed by atoms with van der Waals surface area (Å²) < 4.78 is 0. The van der Waals surface area contributed by atoms with Crippen molar-refractivity contribution in [3.8, 4) is 10.4 Å². The van der Waals surface area contributed by atoms with E-state index in [0.29, 0.717) is 12.0 Å². The van der Waals surface area contributed by atoms with Crippen molar-refractivity contribution < 1.29 is 4.79 Å². The molecule has 26 heavy (non-hydrogen) atoms. The van der Waals surface area contributed by atoms with Crippen LogP contribution in [0.25, 0.3) is 10.4 Å². The Labute approximate surface area is 159 Å². The fourth-order valence-corrected chi connectivity index (χ4v) is 4.53. The highest BCUT2D eigenvalue weighted by Gasteiger charge is 2.32. The Morgan fingerprint density at radius 2 is 1.88 bits per heavy atom. The molecule has 4 rings (SSSR count). The summed E-state index contributed by atoms with van der Waals surface area (Å²) in [5.41, 5.74) is 2.03. The van der Waals surface area contributed by atoms with E-state index in [1.807, 2.05) is 25.4 Å². The lowest BCUT2D eigenvalue weighted by Gasteiger charge is -2.41. The van der Waals surface area contributed by atoms with E-state index in [0.717, 1.165) is 37.4 Å². The first-order valence-corrected chi connectivity index (χ1v) is 10.1. The lowest BCUT2D eigenvalue weighted by Crippen LogP contribution is -2.49. The lowest BCUT2D eigenvalue weighted by molar-refractivity contribution is -0.124. The van der Waals surface area contributed by atoms with E-state index in [1.165, 1.54) is 9.88 Å². The number of thiazole rings is 1. The molecule has 2 aliphatic heterocycles. The number of rotatable bonds is 5. The molecule has 0 spiro atoms. The van der Waals surface area contributed by atoms with E-state index >= 15 is 0 Å². The number of likely N-dealkylation sites (tertiary alicyclic amines) is 2.